The van der Waals surface area contributed by atoms with E-state index in [1.807, 2.05) is 48.5 Å². The summed E-state index contributed by atoms with van der Waals surface area (Å²) in [4.78, 5) is 12.4. The van der Waals surface area contributed by atoms with Crippen LogP contribution in [0.15, 0.2) is 60.8 Å². The molecule has 2 aromatic rings. The van der Waals surface area contributed by atoms with E-state index < -0.39 is 0 Å². The molecular weight excluding hydrogens is 494 g/mol. The standard InChI is InChI=1S/C36H55NO3/c1-4-6-7-8-9-10-11-12-13-14-15-16-17-18-29-39-34-25-21-33(22-26-34)37-28-27-36(38)32-19-23-35(24-20-32)40-30-31(3)5-2/h19-28,31,37H,4-18,29-30H2,1-3H3/b28-27+/t31-/m0/s1. The van der Waals surface area contributed by atoms with Gasteiger partial charge < -0.3 is 14.8 Å². The van der Waals surface area contributed by atoms with Crippen molar-refractivity contribution in [3.05, 3.63) is 66.4 Å². The molecule has 4 heteroatoms. The Morgan fingerprint density at radius 3 is 1.75 bits per heavy atom. The first kappa shape index (κ1) is 33.5. The van der Waals surface area contributed by atoms with Gasteiger partial charge in [0.2, 0.25) is 0 Å². The van der Waals surface area contributed by atoms with Crippen LogP contribution in [-0.2, 0) is 0 Å². The Morgan fingerprint density at radius 2 is 1.20 bits per heavy atom. The van der Waals surface area contributed by atoms with E-state index in [1.54, 1.807) is 12.3 Å². The molecule has 0 heterocycles. The Hall–Kier alpha value is -2.75. The number of rotatable bonds is 24. The molecule has 1 N–H and O–H groups in total. The second kappa shape index (κ2) is 22.0. The van der Waals surface area contributed by atoms with Crippen LogP contribution in [0.2, 0.25) is 0 Å². The van der Waals surface area contributed by atoms with E-state index in [1.165, 1.54) is 83.5 Å². The van der Waals surface area contributed by atoms with E-state index in [9.17, 15) is 4.79 Å². The summed E-state index contributed by atoms with van der Waals surface area (Å²) in [6, 6.07) is 15.2. The van der Waals surface area contributed by atoms with E-state index in [-0.39, 0.29) is 5.78 Å². The lowest BCUT2D eigenvalue weighted by atomic mass is 10.0. The van der Waals surface area contributed by atoms with Crippen LogP contribution >= 0.6 is 0 Å². The van der Waals surface area contributed by atoms with Crippen molar-refractivity contribution in [2.45, 2.75) is 117 Å². The minimum absolute atomic E-state index is 0.0471. The number of benzene rings is 2. The van der Waals surface area contributed by atoms with Crippen molar-refractivity contribution in [2.75, 3.05) is 18.5 Å². The molecule has 2 aromatic carbocycles. The van der Waals surface area contributed by atoms with Crippen molar-refractivity contribution in [3.63, 3.8) is 0 Å². The van der Waals surface area contributed by atoms with Crippen LogP contribution in [-0.4, -0.2) is 19.0 Å². The second-order valence-corrected chi connectivity index (χ2v) is 11.2. The molecule has 4 nitrogen and oxygen atoms in total. The molecule has 0 saturated carbocycles. The topological polar surface area (TPSA) is 47.6 Å². The molecule has 40 heavy (non-hydrogen) atoms. The van der Waals surface area contributed by atoms with E-state index in [2.05, 4.69) is 26.1 Å². The summed E-state index contributed by atoms with van der Waals surface area (Å²) in [6.07, 6.45) is 23.4. The monoisotopic (exact) mass is 549 g/mol. The van der Waals surface area contributed by atoms with E-state index in [0.717, 1.165) is 36.6 Å². The number of unbranched alkanes of at least 4 members (excludes halogenated alkanes) is 13. The molecule has 0 aliphatic rings. The highest BCUT2D eigenvalue weighted by Gasteiger charge is 2.04. The van der Waals surface area contributed by atoms with E-state index in [0.29, 0.717) is 18.1 Å². The number of anilines is 1. The predicted molar refractivity (Wildman–Crippen MR) is 171 cm³/mol. The summed E-state index contributed by atoms with van der Waals surface area (Å²) in [5.41, 5.74) is 1.56. The molecule has 1 atom stereocenters. The molecule has 0 aliphatic carbocycles. The predicted octanol–water partition coefficient (Wildman–Crippen LogP) is 10.8. The highest BCUT2D eigenvalue weighted by molar-refractivity contribution is 6.04. The third kappa shape index (κ3) is 15.7. The number of carbonyl (C=O) groups excluding carboxylic acids is 1. The molecule has 0 aromatic heterocycles. The van der Waals surface area contributed by atoms with Crippen LogP contribution in [0.5, 0.6) is 11.5 Å². The van der Waals surface area contributed by atoms with Crippen LogP contribution in [0.1, 0.15) is 127 Å². The number of nitrogens with one attached hydrogen (secondary N) is 1. The lowest BCUT2D eigenvalue weighted by molar-refractivity contribution is 0.104. The van der Waals surface area contributed by atoms with Crippen molar-refractivity contribution in [1.29, 1.82) is 0 Å². The summed E-state index contributed by atoms with van der Waals surface area (Å²) in [5.74, 6) is 2.15. The Bertz CT molecular complexity index is 920. The van der Waals surface area contributed by atoms with Gasteiger partial charge in [-0.1, -0.05) is 111 Å². The Balaban J connectivity index is 1.50. The van der Waals surface area contributed by atoms with Gasteiger partial charge in [0.15, 0.2) is 5.78 Å². The lowest BCUT2D eigenvalue weighted by Gasteiger charge is -2.10. The van der Waals surface area contributed by atoms with E-state index >= 15 is 0 Å². The highest BCUT2D eigenvalue weighted by Crippen LogP contribution is 2.18. The zero-order valence-corrected chi connectivity index (χ0v) is 25.6. The molecule has 0 radical (unpaired) electrons. The van der Waals surface area contributed by atoms with Gasteiger partial charge in [0, 0.05) is 23.5 Å². The van der Waals surface area contributed by atoms with Gasteiger partial charge in [-0.15, -0.1) is 0 Å². The minimum Gasteiger partial charge on any atom is -0.494 e. The van der Waals surface area contributed by atoms with Gasteiger partial charge in [-0.2, -0.15) is 0 Å². The number of hydrogen-bond donors (Lipinski definition) is 1. The fourth-order valence-electron chi connectivity index (χ4n) is 4.52. The molecule has 0 spiro atoms. The summed E-state index contributed by atoms with van der Waals surface area (Å²) in [6.45, 7) is 8.06. The summed E-state index contributed by atoms with van der Waals surface area (Å²) >= 11 is 0. The van der Waals surface area contributed by atoms with Crippen molar-refractivity contribution < 1.29 is 14.3 Å². The third-order valence-corrected chi connectivity index (χ3v) is 7.48. The summed E-state index contributed by atoms with van der Waals surface area (Å²) in [7, 11) is 0. The van der Waals surface area contributed by atoms with Gasteiger partial charge in [-0.25, -0.2) is 0 Å². The average molecular weight is 550 g/mol. The Morgan fingerprint density at radius 1 is 0.700 bits per heavy atom. The summed E-state index contributed by atoms with van der Waals surface area (Å²) < 4.78 is 11.7. The smallest absolute Gasteiger partial charge is 0.187 e. The summed E-state index contributed by atoms with van der Waals surface area (Å²) in [5, 5.41) is 3.16. The normalized spacial score (nSPS) is 12.0. The molecule has 0 aliphatic heterocycles. The van der Waals surface area contributed by atoms with Gasteiger partial charge in [-0.3, -0.25) is 4.79 Å². The molecule has 222 valence electrons. The fourth-order valence-corrected chi connectivity index (χ4v) is 4.52. The largest absolute Gasteiger partial charge is 0.494 e. The van der Waals surface area contributed by atoms with Crippen LogP contribution < -0.4 is 14.8 Å². The molecule has 0 unspecified atom stereocenters. The van der Waals surface area contributed by atoms with Crippen molar-refractivity contribution >= 4 is 11.5 Å². The number of hydrogen-bond acceptors (Lipinski definition) is 4. The zero-order chi connectivity index (χ0) is 28.7. The van der Waals surface area contributed by atoms with Gasteiger partial charge in [-0.05, 0) is 60.9 Å². The van der Waals surface area contributed by atoms with Crippen LogP contribution in [0.25, 0.3) is 0 Å². The molecule has 2 rings (SSSR count). The maximum absolute atomic E-state index is 12.4. The number of ether oxygens (including phenoxy) is 2. The van der Waals surface area contributed by atoms with Crippen molar-refractivity contribution in [3.8, 4) is 11.5 Å². The molecule has 0 bridgehead atoms. The average Bonchev–Trinajstić information content (AvgIpc) is 2.98. The first-order valence-corrected chi connectivity index (χ1v) is 16.1. The van der Waals surface area contributed by atoms with Gasteiger partial charge in [0.1, 0.15) is 11.5 Å². The van der Waals surface area contributed by atoms with Gasteiger partial charge in [0.05, 0.1) is 13.2 Å². The quantitative estimate of drug-likeness (QED) is 0.0803. The maximum Gasteiger partial charge on any atom is 0.187 e. The van der Waals surface area contributed by atoms with Crippen molar-refractivity contribution in [2.24, 2.45) is 5.92 Å². The Kier molecular flexibility index (Phi) is 18.4. The van der Waals surface area contributed by atoms with Crippen LogP contribution in [0.3, 0.4) is 0 Å². The molecular formula is C36H55NO3. The lowest BCUT2D eigenvalue weighted by Crippen LogP contribution is -2.07. The van der Waals surface area contributed by atoms with Gasteiger partial charge >= 0.3 is 0 Å². The van der Waals surface area contributed by atoms with Crippen molar-refractivity contribution in [1.82, 2.24) is 0 Å². The first-order chi connectivity index (χ1) is 19.6. The van der Waals surface area contributed by atoms with Gasteiger partial charge in [0.25, 0.3) is 0 Å². The molecule has 0 amide bonds. The van der Waals surface area contributed by atoms with E-state index in [4.69, 9.17) is 9.47 Å². The van der Waals surface area contributed by atoms with Crippen LogP contribution in [0, 0.1) is 5.92 Å². The zero-order valence-electron chi connectivity index (χ0n) is 25.6. The number of ketones is 1. The Labute approximate surface area is 244 Å². The van der Waals surface area contributed by atoms with Crippen LogP contribution in [0.4, 0.5) is 5.69 Å². The number of carbonyl (C=O) groups is 1. The fraction of sp³-hybridized carbons (Fsp3) is 0.583. The molecule has 0 fully saturated rings. The number of allylic oxidation sites excluding steroid dienone is 1. The minimum atomic E-state index is -0.0471. The molecule has 0 saturated heterocycles. The first-order valence-electron chi connectivity index (χ1n) is 16.1. The highest BCUT2D eigenvalue weighted by atomic mass is 16.5. The second-order valence-electron chi connectivity index (χ2n) is 11.2. The maximum atomic E-state index is 12.4. The SMILES string of the molecule is CCCCCCCCCCCCCCCCOc1ccc(N/C=C/C(=O)c2ccc(OC[C@@H](C)CC)cc2)cc1. The third-order valence-electron chi connectivity index (χ3n) is 7.48.